The van der Waals surface area contributed by atoms with Crippen molar-refractivity contribution in [1.29, 1.82) is 0 Å². The third-order valence-corrected chi connectivity index (χ3v) is 5.77. The van der Waals surface area contributed by atoms with Gasteiger partial charge in [-0.15, -0.1) is 0 Å². The average molecular weight is 522 g/mol. The second-order valence-electron chi connectivity index (χ2n) is 8.46. The Bertz CT molecular complexity index is 1420. The number of aromatic nitrogens is 1. The molecule has 0 saturated heterocycles. The Morgan fingerprint density at radius 1 is 0.794 bits per heavy atom. The summed E-state index contributed by atoms with van der Waals surface area (Å²) in [5, 5.41) is 1.58. The van der Waals surface area contributed by atoms with E-state index in [1.54, 1.807) is 62.6 Å². The fraction of sp³-hybridized carbons (Fsp3) is 0.222. The van der Waals surface area contributed by atoms with E-state index in [1.165, 1.54) is 0 Å². The summed E-state index contributed by atoms with van der Waals surface area (Å²) >= 11 is 3.38. The largest absolute Gasteiger partial charge is 0.459 e. The number of esters is 2. The zero-order valence-corrected chi connectivity index (χ0v) is 20.9. The number of hydrogen-bond donors (Lipinski definition) is 0. The lowest BCUT2D eigenvalue weighted by Crippen LogP contribution is -2.20. The van der Waals surface area contributed by atoms with Crippen LogP contribution in [-0.2, 0) is 9.47 Å². The molecule has 0 aliphatic carbocycles. The van der Waals surface area contributed by atoms with Gasteiger partial charge in [-0.1, -0.05) is 40.2 Å². The molecule has 0 amide bonds. The van der Waals surface area contributed by atoms with Gasteiger partial charge in [-0.05, 0) is 63.4 Å². The molecule has 0 saturated carbocycles. The Morgan fingerprint density at radius 2 is 1.38 bits per heavy atom. The number of ether oxygens (including phenoxy) is 2. The van der Waals surface area contributed by atoms with E-state index < -0.39 is 29.9 Å². The highest BCUT2D eigenvalue weighted by Gasteiger charge is 2.35. The van der Waals surface area contributed by atoms with Gasteiger partial charge in [0, 0.05) is 21.6 Å². The third kappa shape index (κ3) is 4.35. The van der Waals surface area contributed by atoms with Crippen LogP contribution in [0.1, 0.15) is 64.5 Å². The van der Waals surface area contributed by atoms with Gasteiger partial charge in [-0.3, -0.25) is 4.79 Å². The molecular formula is C27H24BrNO5. The van der Waals surface area contributed by atoms with Gasteiger partial charge in [0.25, 0.3) is 0 Å². The van der Waals surface area contributed by atoms with Crippen molar-refractivity contribution in [1.82, 2.24) is 4.40 Å². The molecule has 0 atom stereocenters. The van der Waals surface area contributed by atoms with E-state index in [0.29, 0.717) is 16.5 Å². The molecule has 2 aromatic heterocycles. The summed E-state index contributed by atoms with van der Waals surface area (Å²) in [6, 6.07) is 16.1. The zero-order chi connectivity index (χ0) is 24.6. The molecule has 174 valence electrons. The highest BCUT2D eigenvalue weighted by Crippen LogP contribution is 2.33. The summed E-state index contributed by atoms with van der Waals surface area (Å²) in [7, 11) is 0. The normalized spacial score (nSPS) is 11.4. The molecule has 0 fully saturated rings. The highest BCUT2D eigenvalue weighted by molar-refractivity contribution is 9.10. The summed E-state index contributed by atoms with van der Waals surface area (Å²) in [5.74, 6) is -1.84. The third-order valence-electron chi connectivity index (χ3n) is 5.24. The number of fused-ring (bicyclic) bond motifs is 3. The molecule has 34 heavy (non-hydrogen) atoms. The number of carbonyl (C=O) groups excluding carboxylic acids is 3. The minimum absolute atomic E-state index is 0.0246. The fourth-order valence-corrected chi connectivity index (χ4v) is 4.18. The van der Waals surface area contributed by atoms with Crippen LogP contribution in [0, 0.1) is 0 Å². The van der Waals surface area contributed by atoms with Crippen LogP contribution >= 0.6 is 15.9 Å². The minimum atomic E-state index is -0.751. The number of rotatable bonds is 6. The van der Waals surface area contributed by atoms with Crippen molar-refractivity contribution in [3.63, 3.8) is 0 Å². The van der Waals surface area contributed by atoms with Crippen LogP contribution in [0.3, 0.4) is 0 Å². The Hall–Kier alpha value is -3.45. The molecule has 0 spiro atoms. The lowest BCUT2D eigenvalue weighted by molar-refractivity contribution is 0.0330. The van der Waals surface area contributed by atoms with Crippen molar-refractivity contribution in [3.05, 3.63) is 87.7 Å². The van der Waals surface area contributed by atoms with Gasteiger partial charge in [0.2, 0.25) is 5.78 Å². The minimum Gasteiger partial charge on any atom is -0.459 e. The van der Waals surface area contributed by atoms with Crippen molar-refractivity contribution >= 4 is 49.9 Å². The summed E-state index contributed by atoms with van der Waals surface area (Å²) < 4.78 is 13.4. The van der Waals surface area contributed by atoms with Crippen LogP contribution in [0.4, 0.5) is 0 Å². The topological polar surface area (TPSA) is 74.1 Å². The molecule has 0 bridgehead atoms. The van der Waals surface area contributed by atoms with Crippen molar-refractivity contribution in [2.45, 2.75) is 39.9 Å². The summed E-state index contributed by atoms with van der Waals surface area (Å²) in [6.07, 6.45) is 0.830. The van der Waals surface area contributed by atoms with Crippen LogP contribution < -0.4 is 0 Å². The monoisotopic (exact) mass is 521 g/mol. The second-order valence-corrected chi connectivity index (χ2v) is 9.38. The van der Waals surface area contributed by atoms with E-state index in [9.17, 15) is 14.4 Å². The average Bonchev–Trinajstić information content (AvgIpc) is 3.14. The smallest absolute Gasteiger partial charge is 0.341 e. The lowest BCUT2D eigenvalue weighted by Gasteiger charge is -2.12. The number of hydrogen-bond acceptors (Lipinski definition) is 5. The first-order valence-electron chi connectivity index (χ1n) is 11.0. The molecule has 0 radical (unpaired) electrons. The molecule has 2 aromatic carbocycles. The standard InChI is InChI=1S/C27H24BrNO5/c1-15(2)33-26(31)21-22(27(32)34-16(3)4)24(25(30)18-9-11-19(28)12-10-18)29-14-13-17-7-5-6-8-20(17)23(21)29/h5-16H,1-4H3. The molecule has 4 aromatic rings. The Morgan fingerprint density at radius 3 is 2.00 bits per heavy atom. The highest BCUT2D eigenvalue weighted by atomic mass is 79.9. The zero-order valence-electron chi connectivity index (χ0n) is 19.3. The Kier molecular flexibility index (Phi) is 6.57. The van der Waals surface area contributed by atoms with Crippen LogP contribution in [0.2, 0.25) is 0 Å². The number of halogens is 1. The predicted octanol–water partition coefficient (Wildman–Crippen LogP) is 6.22. The number of carbonyl (C=O) groups is 3. The first-order valence-corrected chi connectivity index (χ1v) is 11.8. The summed E-state index contributed by atoms with van der Waals surface area (Å²) in [6.45, 7) is 6.89. The SMILES string of the molecule is CC(C)OC(=O)c1c(C(=O)OC(C)C)c2c3ccccc3ccn2c1C(=O)c1ccc(Br)cc1. The molecule has 0 aliphatic rings. The van der Waals surface area contributed by atoms with Crippen molar-refractivity contribution in [2.75, 3.05) is 0 Å². The van der Waals surface area contributed by atoms with Gasteiger partial charge in [-0.25, -0.2) is 9.59 Å². The first-order chi connectivity index (χ1) is 16.2. The van der Waals surface area contributed by atoms with E-state index in [2.05, 4.69) is 15.9 Å². The van der Waals surface area contributed by atoms with E-state index in [-0.39, 0.29) is 16.8 Å². The maximum absolute atomic E-state index is 13.8. The number of pyridine rings is 1. The molecule has 4 rings (SSSR count). The molecule has 0 aliphatic heterocycles. The molecule has 6 nitrogen and oxygen atoms in total. The lowest BCUT2D eigenvalue weighted by atomic mass is 10.0. The van der Waals surface area contributed by atoms with Gasteiger partial charge < -0.3 is 13.9 Å². The van der Waals surface area contributed by atoms with Gasteiger partial charge >= 0.3 is 11.9 Å². The maximum Gasteiger partial charge on any atom is 0.341 e. The molecule has 7 heteroatoms. The molecule has 0 N–H and O–H groups in total. The van der Waals surface area contributed by atoms with Gasteiger partial charge in [0.1, 0.15) is 16.8 Å². The Labute approximate surface area is 205 Å². The maximum atomic E-state index is 13.8. The van der Waals surface area contributed by atoms with E-state index in [4.69, 9.17) is 9.47 Å². The molecule has 0 unspecified atom stereocenters. The quantitative estimate of drug-likeness (QED) is 0.222. The fourth-order valence-electron chi connectivity index (χ4n) is 3.92. The Balaban J connectivity index is 2.13. The number of nitrogens with zero attached hydrogens (tertiary/aromatic N) is 1. The predicted molar refractivity (Wildman–Crippen MR) is 134 cm³/mol. The first kappa shape index (κ1) is 23.7. The number of ketones is 1. The van der Waals surface area contributed by atoms with Crippen molar-refractivity contribution in [3.8, 4) is 0 Å². The molecular weight excluding hydrogens is 498 g/mol. The van der Waals surface area contributed by atoms with E-state index >= 15 is 0 Å². The van der Waals surface area contributed by atoms with Gasteiger partial charge in [0.05, 0.1) is 17.7 Å². The molecule has 2 heterocycles. The van der Waals surface area contributed by atoms with Crippen molar-refractivity contribution < 1.29 is 23.9 Å². The van der Waals surface area contributed by atoms with Crippen LogP contribution in [0.5, 0.6) is 0 Å². The van der Waals surface area contributed by atoms with Gasteiger partial charge in [0.15, 0.2) is 0 Å². The summed E-state index contributed by atoms with van der Waals surface area (Å²) in [5.41, 5.74) is 0.794. The second kappa shape index (κ2) is 9.43. The van der Waals surface area contributed by atoms with Crippen molar-refractivity contribution in [2.24, 2.45) is 0 Å². The van der Waals surface area contributed by atoms with Crippen LogP contribution in [-0.4, -0.2) is 34.3 Å². The van der Waals surface area contributed by atoms with Crippen LogP contribution in [0.25, 0.3) is 16.3 Å². The van der Waals surface area contributed by atoms with E-state index in [1.807, 2.05) is 30.3 Å². The number of benzene rings is 2. The van der Waals surface area contributed by atoms with Gasteiger partial charge in [-0.2, -0.15) is 0 Å². The van der Waals surface area contributed by atoms with Crippen LogP contribution in [0.15, 0.2) is 65.3 Å². The summed E-state index contributed by atoms with van der Waals surface area (Å²) in [4.78, 5) is 40.5. The van der Waals surface area contributed by atoms with E-state index in [0.717, 1.165) is 9.86 Å².